The summed E-state index contributed by atoms with van der Waals surface area (Å²) in [6.07, 6.45) is 0.496. The molecule has 0 radical (unpaired) electrons. The number of carbonyl (C=O) groups excluding carboxylic acids is 1. The van der Waals surface area contributed by atoms with Gasteiger partial charge in [-0.2, -0.15) is 4.98 Å². The van der Waals surface area contributed by atoms with E-state index in [1.165, 1.54) is 5.56 Å². The van der Waals surface area contributed by atoms with Crippen LogP contribution in [0.3, 0.4) is 0 Å². The van der Waals surface area contributed by atoms with Gasteiger partial charge < -0.3 is 14.5 Å². The summed E-state index contributed by atoms with van der Waals surface area (Å²) in [4.78, 5) is 16.9. The molecule has 0 aliphatic carbocycles. The lowest BCUT2D eigenvalue weighted by molar-refractivity contribution is -0.144. The van der Waals surface area contributed by atoms with E-state index in [0.29, 0.717) is 30.5 Å². The zero-order valence-corrected chi connectivity index (χ0v) is 15.4. The van der Waals surface area contributed by atoms with Crippen molar-refractivity contribution in [3.05, 3.63) is 59.7 Å². The lowest BCUT2D eigenvalue weighted by atomic mass is 10.0. The lowest BCUT2D eigenvalue weighted by Gasteiger charge is -2.16. The zero-order valence-electron chi connectivity index (χ0n) is 15.4. The quantitative estimate of drug-likeness (QED) is 0.633. The van der Waals surface area contributed by atoms with Crippen LogP contribution in [0.2, 0.25) is 0 Å². The van der Waals surface area contributed by atoms with Crippen LogP contribution < -0.4 is 5.32 Å². The molecule has 0 aliphatic heterocycles. The zero-order chi connectivity index (χ0) is 18.5. The first-order valence-electron chi connectivity index (χ1n) is 8.94. The van der Waals surface area contributed by atoms with Crippen molar-refractivity contribution in [1.29, 1.82) is 0 Å². The minimum Gasteiger partial charge on any atom is -0.464 e. The van der Waals surface area contributed by atoms with Crippen LogP contribution >= 0.6 is 0 Å². The Morgan fingerprint density at radius 1 is 1.19 bits per heavy atom. The minimum absolute atomic E-state index is 0.318. The van der Waals surface area contributed by atoms with E-state index in [1.807, 2.05) is 48.5 Å². The van der Waals surface area contributed by atoms with Gasteiger partial charge in [-0.05, 0) is 36.1 Å². The molecule has 26 heavy (non-hydrogen) atoms. The molecule has 0 spiro atoms. The highest BCUT2D eigenvalue weighted by Gasteiger charge is 2.22. The molecule has 5 heteroatoms. The molecule has 1 aromatic heterocycles. The highest BCUT2D eigenvalue weighted by Crippen LogP contribution is 2.24. The SMILES string of the molecule is CCOC(=O)[C@H](Cc1ccccc1)Nc1nc2cc(C(C)C)ccc2o1. The van der Waals surface area contributed by atoms with Gasteiger partial charge in [0.15, 0.2) is 5.58 Å². The molecule has 3 rings (SSSR count). The Hall–Kier alpha value is -2.82. The van der Waals surface area contributed by atoms with Gasteiger partial charge in [0.2, 0.25) is 0 Å². The molecule has 0 saturated carbocycles. The van der Waals surface area contributed by atoms with E-state index in [-0.39, 0.29) is 5.97 Å². The Bertz CT molecular complexity index is 871. The number of benzene rings is 2. The van der Waals surface area contributed by atoms with E-state index in [4.69, 9.17) is 9.15 Å². The molecule has 0 bridgehead atoms. The van der Waals surface area contributed by atoms with Crippen molar-refractivity contribution in [1.82, 2.24) is 4.98 Å². The maximum absolute atomic E-state index is 12.4. The number of hydrogen-bond acceptors (Lipinski definition) is 5. The third kappa shape index (κ3) is 4.23. The summed E-state index contributed by atoms with van der Waals surface area (Å²) in [6, 6.07) is 15.5. The predicted octanol–water partition coefficient (Wildman–Crippen LogP) is 4.54. The van der Waals surface area contributed by atoms with Crippen LogP contribution in [0.25, 0.3) is 11.1 Å². The fourth-order valence-corrected chi connectivity index (χ4v) is 2.80. The van der Waals surface area contributed by atoms with Crippen molar-refractivity contribution in [2.45, 2.75) is 39.2 Å². The average Bonchev–Trinajstić information content (AvgIpc) is 3.03. The molecule has 5 nitrogen and oxygen atoms in total. The molecule has 1 atom stereocenters. The maximum atomic E-state index is 12.4. The molecule has 3 aromatic rings. The summed E-state index contributed by atoms with van der Waals surface area (Å²) >= 11 is 0. The number of ether oxygens (including phenoxy) is 1. The van der Waals surface area contributed by atoms with Gasteiger partial charge in [0.1, 0.15) is 11.6 Å². The topological polar surface area (TPSA) is 64.4 Å². The lowest BCUT2D eigenvalue weighted by Crippen LogP contribution is -2.33. The smallest absolute Gasteiger partial charge is 0.329 e. The normalized spacial score (nSPS) is 12.3. The van der Waals surface area contributed by atoms with Gasteiger partial charge in [0.25, 0.3) is 6.01 Å². The summed E-state index contributed by atoms with van der Waals surface area (Å²) in [6.45, 7) is 6.40. The van der Waals surface area contributed by atoms with E-state index < -0.39 is 6.04 Å². The Morgan fingerprint density at radius 3 is 2.65 bits per heavy atom. The number of carbonyl (C=O) groups is 1. The molecule has 1 heterocycles. The van der Waals surface area contributed by atoms with E-state index in [9.17, 15) is 4.79 Å². The number of aromatic nitrogens is 1. The highest BCUT2D eigenvalue weighted by molar-refractivity contribution is 5.80. The van der Waals surface area contributed by atoms with E-state index in [1.54, 1.807) is 6.92 Å². The monoisotopic (exact) mass is 352 g/mol. The van der Waals surface area contributed by atoms with Crippen LogP contribution in [0.1, 0.15) is 37.8 Å². The van der Waals surface area contributed by atoms with Gasteiger partial charge in [-0.15, -0.1) is 0 Å². The first kappa shape index (κ1) is 18.0. The molecule has 2 aromatic carbocycles. The second-order valence-electron chi connectivity index (χ2n) is 6.54. The number of nitrogens with one attached hydrogen (secondary N) is 1. The second kappa shape index (κ2) is 8.04. The van der Waals surface area contributed by atoms with E-state index in [2.05, 4.69) is 24.1 Å². The first-order chi connectivity index (χ1) is 12.6. The summed E-state index contributed by atoms with van der Waals surface area (Å²) in [5, 5.41) is 3.10. The van der Waals surface area contributed by atoms with Crippen molar-refractivity contribution in [2.24, 2.45) is 0 Å². The van der Waals surface area contributed by atoms with Crippen molar-refractivity contribution in [2.75, 3.05) is 11.9 Å². The number of fused-ring (bicyclic) bond motifs is 1. The van der Waals surface area contributed by atoms with Crippen molar-refractivity contribution in [3.8, 4) is 0 Å². The molecule has 0 fully saturated rings. The van der Waals surface area contributed by atoms with Crippen molar-refractivity contribution < 1.29 is 13.9 Å². The Balaban J connectivity index is 1.83. The molecule has 0 amide bonds. The van der Waals surface area contributed by atoms with Gasteiger partial charge in [-0.25, -0.2) is 4.79 Å². The highest BCUT2D eigenvalue weighted by atomic mass is 16.5. The molecular formula is C21H24N2O3. The van der Waals surface area contributed by atoms with E-state index in [0.717, 1.165) is 11.1 Å². The number of esters is 1. The molecule has 0 aliphatic rings. The predicted molar refractivity (Wildman–Crippen MR) is 102 cm³/mol. The van der Waals surface area contributed by atoms with E-state index >= 15 is 0 Å². The first-order valence-corrected chi connectivity index (χ1v) is 8.94. The average molecular weight is 352 g/mol. The Labute approximate surface area is 153 Å². The van der Waals surface area contributed by atoms with Crippen LogP contribution in [0.5, 0.6) is 0 Å². The fourth-order valence-electron chi connectivity index (χ4n) is 2.80. The van der Waals surface area contributed by atoms with Gasteiger partial charge in [0, 0.05) is 6.42 Å². The molecule has 136 valence electrons. The third-order valence-electron chi connectivity index (χ3n) is 4.23. The second-order valence-corrected chi connectivity index (χ2v) is 6.54. The molecule has 0 saturated heterocycles. The number of anilines is 1. The third-order valence-corrected chi connectivity index (χ3v) is 4.23. The molecule has 0 unspecified atom stereocenters. The van der Waals surface area contributed by atoms with Crippen LogP contribution in [0, 0.1) is 0 Å². The maximum Gasteiger partial charge on any atom is 0.329 e. The van der Waals surface area contributed by atoms with Gasteiger partial charge in [0.05, 0.1) is 6.61 Å². The van der Waals surface area contributed by atoms with Crippen LogP contribution in [0.15, 0.2) is 52.9 Å². The number of rotatable bonds is 7. The van der Waals surface area contributed by atoms with Crippen molar-refractivity contribution in [3.63, 3.8) is 0 Å². The van der Waals surface area contributed by atoms with Crippen LogP contribution in [-0.4, -0.2) is 23.6 Å². The van der Waals surface area contributed by atoms with Gasteiger partial charge >= 0.3 is 5.97 Å². The Kier molecular flexibility index (Phi) is 5.56. The Morgan fingerprint density at radius 2 is 1.96 bits per heavy atom. The fraction of sp³-hybridized carbons (Fsp3) is 0.333. The summed E-state index contributed by atoms with van der Waals surface area (Å²) in [5.41, 5.74) is 3.71. The number of oxazole rings is 1. The molecular weight excluding hydrogens is 328 g/mol. The molecule has 1 N–H and O–H groups in total. The number of hydrogen-bond donors (Lipinski definition) is 1. The van der Waals surface area contributed by atoms with Gasteiger partial charge in [-0.1, -0.05) is 50.2 Å². The summed E-state index contributed by atoms with van der Waals surface area (Å²) < 4.78 is 11.0. The van der Waals surface area contributed by atoms with Crippen LogP contribution in [0.4, 0.5) is 6.01 Å². The van der Waals surface area contributed by atoms with Gasteiger partial charge in [-0.3, -0.25) is 0 Å². The van der Waals surface area contributed by atoms with Crippen molar-refractivity contribution >= 4 is 23.1 Å². The standard InChI is InChI=1S/C21H24N2O3/c1-4-25-20(24)18(12-15-8-6-5-7-9-15)23-21-22-17-13-16(14(2)3)10-11-19(17)26-21/h5-11,13-14,18H,4,12H2,1-3H3,(H,22,23)/t18-/m0/s1. The number of nitrogens with zero attached hydrogens (tertiary/aromatic N) is 1. The largest absolute Gasteiger partial charge is 0.464 e. The summed E-state index contributed by atoms with van der Waals surface area (Å²) in [5.74, 6) is 0.0966. The summed E-state index contributed by atoms with van der Waals surface area (Å²) in [7, 11) is 0. The van der Waals surface area contributed by atoms with Crippen LogP contribution in [-0.2, 0) is 16.0 Å². The minimum atomic E-state index is -0.560.